The molecule has 2 heterocycles. The first-order chi connectivity index (χ1) is 11.4. The van der Waals surface area contributed by atoms with Gasteiger partial charge < -0.3 is 14.4 Å². The van der Waals surface area contributed by atoms with E-state index >= 15 is 0 Å². The van der Waals surface area contributed by atoms with Crippen LogP contribution in [0.5, 0.6) is 11.5 Å². The van der Waals surface area contributed by atoms with Crippen LogP contribution in [-0.4, -0.2) is 43.9 Å². The third-order valence-corrected chi connectivity index (χ3v) is 5.41. The first-order valence-corrected chi connectivity index (χ1v) is 8.74. The highest BCUT2D eigenvalue weighted by atomic mass is 79.9. The summed E-state index contributed by atoms with van der Waals surface area (Å²) in [6.45, 7) is 2.82. The van der Waals surface area contributed by atoms with Crippen LogP contribution < -0.4 is 9.47 Å². The van der Waals surface area contributed by atoms with Gasteiger partial charge in [-0.25, -0.2) is 0 Å². The Morgan fingerprint density at radius 3 is 2.96 bits per heavy atom. The van der Waals surface area contributed by atoms with Crippen LogP contribution in [0, 0.1) is 0 Å². The summed E-state index contributed by atoms with van der Waals surface area (Å²) >= 11 is 3.51. The summed E-state index contributed by atoms with van der Waals surface area (Å²) in [6.07, 6.45) is 4.67. The predicted octanol–water partition coefficient (Wildman–Crippen LogP) is 3.10. The van der Waals surface area contributed by atoms with Crippen molar-refractivity contribution in [1.29, 1.82) is 0 Å². The lowest BCUT2D eigenvalue weighted by Crippen LogP contribution is -2.30. The zero-order chi connectivity index (χ0) is 17.5. The van der Waals surface area contributed by atoms with Gasteiger partial charge in [-0.1, -0.05) is 13.0 Å². The maximum absolute atomic E-state index is 12.8. The van der Waals surface area contributed by atoms with E-state index in [1.54, 1.807) is 31.2 Å². The maximum Gasteiger partial charge on any atom is 0.255 e. The number of ketones is 1. The molecule has 0 spiro atoms. The number of ether oxygens (including phenoxy) is 2. The van der Waals surface area contributed by atoms with Gasteiger partial charge in [-0.3, -0.25) is 9.59 Å². The monoisotopic (exact) mass is 393 g/mol. The Bertz CT molecular complexity index is 743. The molecule has 128 valence electrons. The molecule has 1 atom stereocenters. The topological polar surface area (TPSA) is 55.8 Å². The second-order valence-electron chi connectivity index (χ2n) is 6.21. The van der Waals surface area contributed by atoms with E-state index in [0.717, 1.165) is 5.56 Å². The Morgan fingerprint density at radius 1 is 1.54 bits per heavy atom. The van der Waals surface area contributed by atoms with E-state index in [1.807, 2.05) is 13.0 Å². The molecule has 2 aliphatic rings. The quantitative estimate of drug-likeness (QED) is 0.737. The van der Waals surface area contributed by atoms with Crippen molar-refractivity contribution in [2.24, 2.45) is 0 Å². The highest BCUT2D eigenvalue weighted by Gasteiger charge is 2.46. The van der Waals surface area contributed by atoms with Crippen LogP contribution in [0.3, 0.4) is 0 Å². The third-order valence-electron chi connectivity index (χ3n) is 4.78. The molecular weight excluding hydrogens is 374 g/mol. The van der Waals surface area contributed by atoms with E-state index in [0.29, 0.717) is 47.5 Å². The van der Waals surface area contributed by atoms with E-state index in [4.69, 9.17) is 9.47 Å². The van der Waals surface area contributed by atoms with E-state index in [-0.39, 0.29) is 11.7 Å². The summed E-state index contributed by atoms with van der Waals surface area (Å²) in [5, 5.41) is 0. The van der Waals surface area contributed by atoms with Gasteiger partial charge in [-0.05, 0) is 34.5 Å². The Labute approximate surface area is 149 Å². The zero-order valence-electron chi connectivity index (χ0n) is 14.0. The summed E-state index contributed by atoms with van der Waals surface area (Å²) in [5.41, 5.74) is 0.924. The van der Waals surface area contributed by atoms with Crippen LogP contribution in [0.1, 0.15) is 35.7 Å². The second kappa shape index (κ2) is 6.24. The average Bonchev–Trinajstić information content (AvgIpc) is 2.91. The molecule has 1 unspecified atom stereocenters. The Hall–Kier alpha value is -1.82. The number of benzene rings is 1. The molecule has 6 heteroatoms. The van der Waals surface area contributed by atoms with Crippen molar-refractivity contribution in [3.63, 3.8) is 0 Å². The highest BCUT2D eigenvalue weighted by molar-refractivity contribution is 9.10. The lowest BCUT2D eigenvalue weighted by Gasteiger charge is -2.23. The highest BCUT2D eigenvalue weighted by Crippen LogP contribution is 2.52. The van der Waals surface area contributed by atoms with Gasteiger partial charge in [0.15, 0.2) is 17.3 Å². The maximum atomic E-state index is 12.8. The fourth-order valence-electron chi connectivity index (χ4n) is 3.30. The van der Waals surface area contributed by atoms with Crippen LogP contribution >= 0.6 is 15.9 Å². The van der Waals surface area contributed by atoms with Gasteiger partial charge >= 0.3 is 0 Å². The van der Waals surface area contributed by atoms with Gasteiger partial charge in [0, 0.05) is 30.0 Å². The van der Waals surface area contributed by atoms with Crippen LogP contribution in [-0.2, 0) is 10.2 Å². The Kier molecular flexibility index (Phi) is 4.42. The molecule has 5 nitrogen and oxygen atoms in total. The van der Waals surface area contributed by atoms with E-state index in [1.165, 1.54) is 0 Å². The molecule has 0 bridgehead atoms. The molecule has 0 aromatic heterocycles. The van der Waals surface area contributed by atoms with Gasteiger partial charge in [0.2, 0.25) is 0 Å². The van der Waals surface area contributed by atoms with Crippen LogP contribution in [0.15, 0.2) is 22.7 Å². The molecule has 0 saturated heterocycles. The number of halogens is 1. The first kappa shape index (κ1) is 17.0. The number of nitrogens with zero attached hydrogens (tertiary/aromatic N) is 1. The number of methoxy groups -OCH3 is 1. The summed E-state index contributed by atoms with van der Waals surface area (Å²) in [6, 6.07) is 1.77. The summed E-state index contributed by atoms with van der Waals surface area (Å²) in [7, 11) is 3.37. The number of amides is 1. The van der Waals surface area contributed by atoms with Crippen molar-refractivity contribution in [3.8, 4) is 11.5 Å². The van der Waals surface area contributed by atoms with Crippen molar-refractivity contribution >= 4 is 27.6 Å². The van der Waals surface area contributed by atoms with Gasteiger partial charge in [-0.15, -0.1) is 0 Å². The standard InChI is InChI=1S/C18H20BrNO4/c1-4-11(21)5-6-18-7-8-20(2)17(22)14-12(19)9-13(23-3)16(15(14)18)24-10-18/h5-6,9H,4,7-8,10H2,1-3H3/b6-5-. The van der Waals surface area contributed by atoms with E-state index < -0.39 is 5.41 Å². The molecule has 3 rings (SSSR count). The molecular formula is C18H20BrNO4. The molecule has 0 saturated carbocycles. The van der Waals surface area contributed by atoms with E-state index in [2.05, 4.69) is 15.9 Å². The van der Waals surface area contributed by atoms with Crippen LogP contribution in [0.25, 0.3) is 0 Å². The van der Waals surface area contributed by atoms with Gasteiger partial charge in [-0.2, -0.15) is 0 Å². The molecule has 0 aliphatic carbocycles. The normalized spacial score (nSPS) is 22.3. The fraction of sp³-hybridized carbons (Fsp3) is 0.444. The number of carbonyl (C=O) groups is 2. The third kappa shape index (κ3) is 2.53. The Morgan fingerprint density at radius 2 is 2.29 bits per heavy atom. The van der Waals surface area contributed by atoms with Crippen molar-refractivity contribution in [2.75, 3.05) is 27.3 Å². The predicted molar refractivity (Wildman–Crippen MR) is 93.9 cm³/mol. The average molecular weight is 394 g/mol. The molecule has 1 aromatic carbocycles. The summed E-state index contributed by atoms with van der Waals surface area (Å²) in [4.78, 5) is 26.3. The van der Waals surface area contributed by atoms with Crippen molar-refractivity contribution in [2.45, 2.75) is 25.2 Å². The van der Waals surface area contributed by atoms with Crippen molar-refractivity contribution in [3.05, 3.63) is 33.8 Å². The van der Waals surface area contributed by atoms with Gasteiger partial charge in [0.1, 0.15) is 6.61 Å². The summed E-state index contributed by atoms with van der Waals surface area (Å²) in [5.74, 6) is 1.21. The molecule has 0 N–H and O–H groups in total. The van der Waals surface area contributed by atoms with E-state index in [9.17, 15) is 9.59 Å². The fourth-order valence-corrected chi connectivity index (χ4v) is 3.88. The number of hydrogen-bond acceptors (Lipinski definition) is 4. The van der Waals surface area contributed by atoms with Gasteiger partial charge in [0.05, 0.1) is 18.1 Å². The minimum atomic E-state index is -0.493. The molecule has 0 radical (unpaired) electrons. The molecule has 24 heavy (non-hydrogen) atoms. The van der Waals surface area contributed by atoms with Crippen LogP contribution in [0.2, 0.25) is 0 Å². The SMILES string of the molecule is CCC(=O)/C=C\C12CCN(C)C(=O)c3c(Br)cc(OC)c(c31)OC2. The number of carbonyl (C=O) groups excluding carboxylic acids is 2. The van der Waals surface area contributed by atoms with Crippen molar-refractivity contribution in [1.82, 2.24) is 4.90 Å². The van der Waals surface area contributed by atoms with Crippen molar-refractivity contribution < 1.29 is 19.1 Å². The largest absolute Gasteiger partial charge is 0.493 e. The minimum Gasteiger partial charge on any atom is -0.493 e. The zero-order valence-corrected chi connectivity index (χ0v) is 15.6. The number of rotatable bonds is 4. The lowest BCUT2D eigenvalue weighted by molar-refractivity contribution is -0.114. The second-order valence-corrected chi connectivity index (χ2v) is 7.07. The summed E-state index contributed by atoms with van der Waals surface area (Å²) < 4.78 is 12.0. The van der Waals surface area contributed by atoms with Crippen LogP contribution in [0.4, 0.5) is 0 Å². The Balaban J connectivity index is 2.26. The molecule has 1 amide bonds. The number of hydrogen-bond donors (Lipinski definition) is 0. The van der Waals surface area contributed by atoms with Gasteiger partial charge in [0.25, 0.3) is 5.91 Å². The number of allylic oxidation sites excluding steroid dienone is 1. The smallest absolute Gasteiger partial charge is 0.255 e. The molecule has 0 fully saturated rings. The molecule has 2 aliphatic heterocycles. The first-order valence-electron chi connectivity index (χ1n) is 7.95. The minimum absolute atomic E-state index is 0.0524. The lowest BCUT2D eigenvalue weighted by atomic mass is 9.77. The molecule has 1 aromatic rings.